The summed E-state index contributed by atoms with van der Waals surface area (Å²) in [5.74, 6) is 0.650. The van der Waals surface area contributed by atoms with Gasteiger partial charge < -0.3 is 9.30 Å². The molecular weight excluding hydrogens is 282 g/mol. The number of hydrogen-bond acceptors (Lipinski definition) is 2. The van der Waals surface area contributed by atoms with Crippen molar-refractivity contribution < 1.29 is 4.74 Å². The van der Waals surface area contributed by atoms with E-state index in [0.717, 1.165) is 30.2 Å². The van der Waals surface area contributed by atoms with Crippen molar-refractivity contribution in [2.24, 2.45) is 7.05 Å². The first kappa shape index (κ1) is 12.7. The fraction of sp³-hybridized carbons (Fsp3) is 0.538. The molecule has 0 unspecified atom stereocenters. The van der Waals surface area contributed by atoms with Gasteiger partial charge in [0.1, 0.15) is 11.4 Å². The summed E-state index contributed by atoms with van der Waals surface area (Å²) >= 11 is 3.44. The zero-order chi connectivity index (χ0) is 12.5. The topological polar surface area (TPSA) is 31.2 Å². The van der Waals surface area contributed by atoms with E-state index in [9.17, 15) is 4.79 Å². The minimum absolute atomic E-state index is 0.0471. The van der Waals surface area contributed by atoms with Crippen molar-refractivity contribution in [1.82, 2.24) is 4.57 Å². The fourth-order valence-corrected chi connectivity index (χ4v) is 2.61. The van der Waals surface area contributed by atoms with E-state index in [0.29, 0.717) is 5.75 Å². The molecule has 1 radical (unpaired) electrons. The van der Waals surface area contributed by atoms with Gasteiger partial charge in [-0.25, -0.2) is 0 Å². The lowest BCUT2D eigenvalue weighted by Crippen LogP contribution is -2.35. The second-order valence-corrected chi connectivity index (χ2v) is 5.71. The highest BCUT2D eigenvalue weighted by Gasteiger charge is 2.29. The van der Waals surface area contributed by atoms with E-state index >= 15 is 0 Å². The van der Waals surface area contributed by atoms with Gasteiger partial charge in [0.25, 0.3) is 5.56 Å². The summed E-state index contributed by atoms with van der Waals surface area (Å²) < 4.78 is 8.39. The first-order valence-electron chi connectivity index (χ1n) is 5.87. The fourth-order valence-electron chi connectivity index (χ4n) is 2.11. The standard InChI is InChI=1S/C13H17BrNO2/c1-13(6-4-3-5-7-13)17-11-8-12(16)15(2)9-10(11)14/h3,8-9H,4-7H2,1-2H3. The number of nitrogens with zero attached hydrogens (tertiary/aromatic N) is 1. The zero-order valence-corrected chi connectivity index (χ0v) is 11.8. The molecule has 0 saturated heterocycles. The van der Waals surface area contributed by atoms with Gasteiger partial charge in [0, 0.05) is 19.3 Å². The molecule has 93 valence electrons. The summed E-state index contributed by atoms with van der Waals surface area (Å²) in [6.07, 6.45) is 8.22. The third-order valence-electron chi connectivity index (χ3n) is 3.26. The first-order chi connectivity index (χ1) is 8.00. The first-order valence-corrected chi connectivity index (χ1v) is 6.66. The maximum Gasteiger partial charge on any atom is 0.254 e. The predicted octanol–water partition coefficient (Wildman–Crippen LogP) is 3.06. The van der Waals surface area contributed by atoms with E-state index in [4.69, 9.17) is 4.74 Å². The Labute approximate surface area is 110 Å². The molecule has 1 saturated carbocycles. The summed E-state index contributed by atoms with van der Waals surface area (Å²) in [7, 11) is 1.73. The molecular formula is C13H17BrNO2. The Morgan fingerprint density at radius 1 is 1.41 bits per heavy atom. The smallest absolute Gasteiger partial charge is 0.254 e. The van der Waals surface area contributed by atoms with Crippen molar-refractivity contribution in [1.29, 1.82) is 0 Å². The lowest BCUT2D eigenvalue weighted by atomic mass is 9.86. The minimum Gasteiger partial charge on any atom is -0.486 e. The van der Waals surface area contributed by atoms with Crippen LogP contribution in [-0.2, 0) is 7.05 Å². The molecule has 0 aromatic carbocycles. The van der Waals surface area contributed by atoms with E-state index in [-0.39, 0.29) is 11.2 Å². The molecule has 2 rings (SSSR count). The highest BCUT2D eigenvalue weighted by Crippen LogP contribution is 2.34. The average molecular weight is 299 g/mol. The minimum atomic E-state index is -0.149. The van der Waals surface area contributed by atoms with Gasteiger partial charge in [0.15, 0.2) is 0 Å². The number of pyridine rings is 1. The van der Waals surface area contributed by atoms with Crippen LogP contribution in [-0.4, -0.2) is 10.2 Å². The van der Waals surface area contributed by atoms with Crippen LogP contribution in [0.1, 0.15) is 32.6 Å². The lowest BCUT2D eigenvalue weighted by Gasteiger charge is -2.34. The van der Waals surface area contributed by atoms with Gasteiger partial charge >= 0.3 is 0 Å². The molecule has 0 bridgehead atoms. The molecule has 0 N–H and O–H groups in total. The van der Waals surface area contributed by atoms with Gasteiger partial charge in [-0.05, 0) is 55.0 Å². The van der Waals surface area contributed by atoms with Crippen LogP contribution in [0.2, 0.25) is 0 Å². The summed E-state index contributed by atoms with van der Waals surface area (Å²) in [5, 5.41) is 0. The van der Waals surface area contributed by atoms with E-state index in [1.54, 1.807) is 19.3 Å². The molecule has 1 aliphatic carbocycles. The highest BCUT2D eigenvalue weighted by atomic mass is 79.9. The van der Waals surface area contributed by atoms with Crippen LogP contribution in [0.15, 0.2) is 21.5 Å². The van der Waals surface area contributed by atoms with Gasteiger partial charge in [-0.3, -0.25) is 4.79 Å². The lowest BCUT2D eigenvalue weighted by molar-refractivity contribution is 0.0577. The molecule has 1 fully saturated rings. The molecule has 0 amide bonds. The molecule has 1 aromatic heterocycles. The number of aromatic nitrogens is 1. The van der Waals surface area contributed by atoms with Gasteiger partial charge in [-0.2, -0.15) is 0 Å². The Morgan fingerprint density at radius 3 is 2.71 bits per heavy atom. The number of hydrogen-bond donors (Lipinski definition) is 0. The molecule has 0 aliphatic heterocycles. The van der Waals surface area contributed by atoms with Crippen LogP contribution in [0.5, 0.6) is 5.75 Å². The van der Waals surface area contributed by atoms with Crippen LogP contribution in [0.4, 0.5) is 0 Å². The quantitative estimate of drug-likeness (QED) is 0.840. The van der Waals surface area contributed by atoms with Gasteiger partial charge in [0.05, 0.1) is 4.47 Å². The van der Waals surface area contributed by atoms with Gasteiger partial charge in [-0.1, -0.05) is 0 Å². The van der Waals surface area contributed by atoms with Crippen LogP contribution in [0.3, 0.4) is 0 Å². The third-order valence-corrected chi connectivity index (χ3v) is 3.85. The Bertz CT molecular complexity index is 461. The molecule has 3 nitrogen and oxygen atoms in total. The molecule has 0 spiro atoms. The Kier molecular flexibility index (Phi) is 3.61. The number of aryl methyl sites for hydroxylation is 1. The highest BCUT2D eigenvalue weighted by molar-refractivity contribution is 9.10. The van der Waals surface area contributed by atoms with E-state index in [2.05, 4.69) is 29.3 Å². The maximum absolute atomic E-state index is 11.6. The van der Waals surface area contributed by atoms with Crippen LogP contribution >= 0.6 is 15.9 Å². The monoisotopic (exact) mass is 298 g/mol. The Hall–Kier alpha value is -0.770. The number of rotatable bonds is 2. The SMILES string of the molecule is Cn1cc(Br)c(OC2(C)CC[CH]CC2)cc1=O. The van der Waals surface area contributed by atoms with Crippen molar-refractivity contribution in [3.63, 3.8) is 0 Å². The predicted molar refractivity (Wildman–Crippen MR) is 71.2 cm³/mol. The summed E-state index contributed by atoms with van der Waals surface area (Å²) in [6, 6.07) is 1.55. The van der Waals surface area contributed by atoms with Crippen LogP contribution in [0, 0.1) is 6.42 Å². The Morgan fingerprint density at radius 2 is 2.06 bits per heavy atom. The normalized spacial score (nSPS) is 19.0. The van der Waals surface area contributed by atoms with E-state index < -0.39 is 0 Å². The van der Waals surface area contributed by atoms with E-state index in [1.807, 2.05) is 0 Å². The molecule has 0 atom stereocenters. The van der Waals surface area contributed by atoms with Crippen molar-refractivity contribution >= 4 is 15.9 Å². The third kappa shape index (κ3) is 2.92. The maximum atomic E-state index is 11.6. The average Bonchev–Trinajstić information content (AvgIpc) is 2.26. The zero-order valence-electron chi connectivity index (χ0n) is 10.2. The van der Waals surface area contributed by atoms with Crippen LogP contribution < -0.4 is 10.3 Å². The summed E-state index contributed by atoms with van der Waals surface area (Å²) in [5.41, 5.74) is -0.196. The molecule has 1 aliphatic rings. The van der Waals surface area contributed by atoms with Gasteiger partial charge in [-0.15, -0.1) is 0 Å². The van der Waals surface area contributed by atoms with E-state index in [1.165, 1.54) is 4.57 Å². The van der Waals surface area contributed by atoms with Crippen molar-refractivity contribution in [3.8, 4) is 5.75 Å². The van der Waals surface area contributed by atoms with Crippen molar-refractivity contribution in [2.45, 2.75) is 38.2 Å². The molecule has 17 heavy (non-hydrogen) atoms. The Balaban J connectivity index is 2.23. The molecule has 4 heteroatoms. The second kappa shape index (κ2) is 4.84. The van der Waals surface area contributed by atoms with Crippen molar-refractivity contribution in [3.05, 3.63) is 33.5 Å². The summed E-state index contributed by atoms with van der Waals surface area (Å²) in [6.45, 7) is 2.11. The number of halogens is 1. The summed E-state index contributed by atoms with van der Waals surface area (Å²) in [4.78, 5) is 11.6. The van der Waals surface area contributed by atoms with Gasteiger partial charge in [0.2, 0.25) is 0 Å². The number of ether oxygens (including phenoxy) is 1. The second-order valence-electron chi connectivity index (χ2n) is 4.85. The largest absolute Gasteiger partial charge is 0.486 e. The molecule has 1 aromatic rings. The van der Waals surface area contributed by atoms with Crippen LogP contribution in [0.25, 0.3) is 0 Å². The van der Waals surface area contributed by atoms with Crippen molar-refractivity contribution in [2.75, 3.05) is 0 Å². The molecule has 1 heterocycles.